The van der Waals surface area contributed by atoms with Gasteiger partial charge >= 0.3 is 0 Å². The van der Waals surface area contributed by atoms with Crippen LogP contribution in [-0.4, -0.2) is 4.98 Å². The summed E-state index contributed by atoms with van der Waals surface area (Å²) in [4.78, 5) is 4.94. The van der Waals surface area contributed by atoms with Crippen LogP contribution in [0.2, 0.25) is 0 Å². The average molecular weight is 339 g/mol. The zero-order chi connectivity index (χ0) is 17.9. The minimum Gasteiger partial charge on any atom is -0.247 e. The lowest BCUT2D eigenvalue weighted by molar-refractivity contribution is 0.628. The van der Waals surface area contributed by atoms with Crippen LogP contribution in [0, 0.1) is 5.82 Å². The molecular formula is C24H18FN. The summed E-state index contributed by atoms with van der Waals surface area (Å²) in [5.74, 6) is -0.231. The van der Waals surface area contributed by atoms with Crippen LogP contribution in [-0.2, 0) is 0 Å². The Labute approximate surface area is 152 Å². The van der Waals surface area contributed by atoms with Crippen molar-refractivity contribution in [3.8, 4) is 22.4 Å². The third-order valence-corrected chi connectivity index (χ3v) is 4.44. The van der Waals surface area contributed by atoms with Crippen molar-refractivity contribution in [3.05, 3.63) is 96.3 Å². The lowest BCUT2D eigenvalue weighted by Gasteiger charge is -2.12. The monoisotopic (exact) mass is 339 g/mol. The Morgan fingerprint density at radius 3 is 2.31 bits per heavy atom. The number of para-hydroxylation sites is 1. The molecule has 0 atom stereocenters. The van der Waals surface area contributed by atoms with Gasteiger partial charge in [-0.05, 0) is 36.2 Å². The van der Waals surface area contributed by atoms with Gasteiger partial charge in [-0.2, -0.15) is 0 Å². The number of nitrogens with zero attached hydrogens (tertiary/aromatic N) is 1. The van der Waals surface area contributed by atoms with Gasteiger partial charge < -0.3 is 0 Å². The molecule has 0 amide bonds. The summed E-state index contributed by atoms with van der Waals surface area (Å²) >= 11 is 0. The highest BCUT2D eigenvalue weighted by atomic mass is 19.1. The average Bonchev–Trinajstić information content (AvgIpc) is 2.69. The summed E-state index contributed by atoms with van der Waals surface area (Å²) in [6, 6.07) is 25.0. The van der Waals surface area contributed by atoms with E-state index in [-0.39, 0.29) is 5.82 Å². The van der Waals surface area contributed by atoms with E-state index in [9.17, 15) is 4.39 Å². The number of hydrogen-bond acceptors (Lipinski definition) is 1. The van der Waals surface area contributed by atoms with Crippen molar-refractivity contribution < 1.29 is 4.39 Å². The van der Waals surface area contributed by atoms with E-state index >= 15 is 0 Å². The molecule has 0 radical (unpaired) electrons. The maximum atomic E-state index is 13.4. The highest BCUT2D eigenvalue weighted by Gasteiger charge is 2.11. The Hall–Kier alpha value is -3.26. The van der Waals surface area contributed by atoms with Crippen molar-refractivity contribution in [2.45, 2.75) is 6.92 Å². The lowest BCUT2D eigenvalue weighted by Crippen LogP contribution is -1.92. The van der Waals surface area contributed by atoms with Gasteiger partial charge in [0.25, 0.3) is 0 Å². The minimum absolute atomic E-state index is 0.231. The van der Waals surface area contributed by atoms with Crippen molar-refractivity contribution in [2.24, 2.45) is 0 Å². The summed E-state index contributed by atoms with van der Waals surface area (Å²) in [5, 5.41) is 1.06. The second kappa shape index (κ2) is 6.93. The Kier molecular flexibility index (Phi) is 4.32. The molecule has 0 bridgehead atoms. The fourth-order valence-corrected chi connectivity index (χ4v) is 3.21. The number of allylic oxidation sites excluding steroid dienone is 1. The van der Waals surface area contributed by atoms with Gasteiger partial charge in [-0.25, -0.2) is 9.37 Å². The standard InChI is InChI=1S/C24H18FN/c1-2-7-19-10-6-11-21-22(17-12-14-20(25)15-13-17)16-23(26-24(19)21)18-8-4-3-5-9-18/h2-16H,1H3/b7-2-. The van der Waals surface area contributed by atoms with Crippen molar-refractivity contribution in [3.63, 3.8) is 0 Å². The molecule has 26 heavy (non-hydrogen) atoms. The first-order valence-corrected chi connectivity index (χ1v) is 8.64. The van der Waals surface area contributed by atoms with Crippen LogP contribution in [0.4, 0.5) is 4.39 Å². The van der Waals surface area contributed by atoms with Gasteiger partial charge in [0.05, 0.1) is 11.2 Å². The summed E-state index contributed by atoms with van der Waals surface area (Å²) in [7, 11) is 0. The molecular weight excluding hydrogens is 321 g/mol. The highest BCUT2D eigenvalue weighted by molar-refractivity contribution is 6.00. The van der Waals surface area contributed by atoms with E-state index in [0.717, 1.165) is 38.9 Å². The minimum atomic E-state index is -0.231. The number of fused-ring (bicyclic) bond motifs is 1. The first-order chi connectivity index (χ1) is 12.8. The predicted molar refractivity (Wildman–Crippen MR) is 107 cm³/mol. The molecule has 4 rings (SSSR count). The molecule has 0 aliphatic heterocycles. The molecule has 0 aliphatic carbocycles. The number of aromatic nitrogens is 1. The lowest BCUT2D eigenvalue weighted by atomic mass is 9.96. The van der Waals surface area contributed by atoms with Crippen molar-refractivity contribution in [2.75, 3.05) is 0 Å². The highest BCUT2D eigenvalue weighted by Crippen LogP contribution is 2.33. The molecule has 0 saturated carbocycles. The van der Waals surface area contributed by atoms with E-state index < -0.39 is 0 Å². The van der Waals surface area contributed by atoms with E-state index in [2.05, 4.69) is 36.4 Å². The molecule has 126 valence electrons. The Balaban J connectivity index is 2.05. The third kappa shape index (κ3) is 3.02. The van der Waals surface area contributed by atoms with Gasteiger partial charge in [0, 0.05) is 16.5 Å². The molecule has 0 spiro atoms. The Morgan fingerprint density at radius 2 is 1.58 bits per heavy atom. The fraction of sp³-hybridized carbons (Fsp3) is 0.0417. The van der Waals surface area contributed by atoms with Crippen LogP contribution in [0.15, 0.2) is 84.9 Å². The Morgan fingerprint density at radius 1 is 0.808 bits per heavy atom. The third-order valence-electron chi connectivity index (χ3n) is 4.44. The molecule has 4 aromatic rings. The van der Waals surface area contributed by atoms with E-state index in [1.165, 1.54) is 12.1 Å². The van der Waals surface area contributed by atoms with Crippen molar-refractivity contribution in [1.29, 1.82) is 0 Å². The van der Waals surface area contributed by atoms with Gasteiger partial charge in [0.1, 0.15) is 5.82 Å². The number of hydrogen-bond donors (Lipinski definition) is 0. The number of rotatable bonds is 3. The number of pyridine rings is 1. The van der Waals surface area contributed by atoms with Crippen molar-refractivity contribution >= 4 is 17.0 Å². The number of benzene rings is 3. The summed E-state index contributed by atoms with van der Waals surface area (Å²) in [6.45, 7) is 2.00. The van der Waals surface area contributed by atoms with Crippen LogP contribution in [0.3, 0.4) is 0 Å². The molecule has 2 heteroatoms. The molecule has 1 aromatic heterocycles. The van der Waals surface area contributed by atoms with Crippen LogP contribution < -0.4 is 0 Å². The normalized spacial score (nSPS) is 11.3. The van der Waals surface area contributed by atoms with Crippen LogP contribution in [0.1, 0.15) is 12.5 Å². The van der Waals surface area contributed by atoms with Crippen LogP contribution in [0.25, 0.3) is 39.4 Å². The largest absolute Gasteiger partial charge is 0.247 e. The smallest absolute Gasteiger partial charge is 0.123 e. The fourth-order valence-electron chi connectivity index (χ4n) is 3.21. The Bertz CT molecular complexity index is 1080. The first kappa shape index (κ1) is 16.2. The second-order valence-electron chi connectivity index (χ2n) is 6.17. The zero-order valence-electron chi connectivity index (χ0n) is 14.5. The maximum absolute atomic E-state index is 13.4. The van der Waals surface area contributed by atoms with Crippen LogP contribution >= 0.6 is 0 Å². The van der Waals surface area contributed by atoms with E-state index in [1.54, 1.807) is 0 Å². The van der Waals surface area contributed by atoms with Gasteiger partial charge in [-0.1, -0.05) is 72.8 Å². The molecule has 1 heterocycles. The quantitative estimate of drug-likeness (QED) is 0.403. The van der Waals surface area contributed by atoms with Crippen molar-refractivity contribution in [1.82, 2.24) is 4.98 Å². The maximum Gasteiger partial charge on any atom is 0.123 e. The molecule has 0 fully saturated rings. The topological polar surface area (TPSA) is 12.9 Å². The second-order valence-corrected chi connectivity index (χ2v) is 6.17. The molecule has 0 saturated heterocycles. The molecule has 0 N–H and O–H groups in total. The summed E-state index contributed by atoms with van der Waals surface area (Å²) < 4.78 is 13.4. The molecule has 1 nitrogen and oxygen atoms in total. The van der Waals surface area contributed by atoms with E-state index in [0.29, 0.717) is 0 Å². The van der Waals surface area contributed by atoms with Gasteiger partial charge in [-0.3, -0.25) is 0 Å². The van der Waals surface area contributed by atoms with Crippen LogP contribution in [0.5, 0.6) is 0 Å². The predicted octanol–water partition coefficient (Wildman–Crippen LogP) is 6.74. The molecule has 0 aliphatic rings. The first-order valence-electron chi connectivity index (χ1n) is 8.64. The summed E-state index contributed by atoms with van der Waals surface area (Å²) in [6.07, 6.45) is 4.09. The van der Waals surface area contributed by atoms with E-state index in [1.807, 2.05) is 49.4 Å². The number of halogens is 1. The zero-order valence-corrected chi connectivity index (χ0v) is 14.5. The van der Waals surface area contributed by atoms with Gasteiger partial charge in [0.15, 0.2) is 0 Å². The summed E-state index contributed by atoms with van der Waals surface area (Å²) in [5.41, 5.74) is 6.04. The van der Waals surface area contributed by atoms with Gasteiger partial charge in [-0.15, -0.1) is 0 Å². The van der Waals surface area contributed by atoms with Gasteiger partial charge in [0.2, 0.25) is 0 Å². The SMILES string of the molecule is C/C=C\c1cccc2c(-c3ccc(F)cc3)cc(-c3ccccc3)nc12. The molecule has 0 unspecified atom stereocenters. The molecule has 3 aromatic carbocycles. The van der Waals surface area contributed by atoms with E-state index in [4.69, 9.17) is 4.98 Å².